The van der Waals surface area contributed by atoms with Crippen LogP contribution >= 0.6 is 11.6 Å². The van der Waals surface area contributed by atoms with E-state index in [0.717, 1.165) is 18.4 Å². The minimum atomic E-state index is -0.0902. The number of benzene rings is 1. The van der Waals surface area contributed by atoms with Crippen LogP contribution in [0, 0.1) is 5.41 Å². The van der Waals surface area contributed by atoms with Crippen molar-refractivity contribution in [2.75, 3.05) is 21.3 Å². The third kappa shape index (κ3) is 3.08. The van der Waals surface area contributed by atoms with Gasteiger partial charge in [0.15, 0.2) is 11.5 Å². The lowest BCUT2D eigenvalue weighted by molar-refractivity contribution is 0.203. The van der Waals surface area contributed by atoms with Crippen LogP contribution in [0.15, 0.2) is 12.1 Å². The third-order valence-electron chi connectivity index (χ3n) is 4.62. The number of hydrogen-bond donors (Lipinski definition) is 0. The largest absolute Gasteiger partial charge is 0.493 e. The monoisotopic (exact) mass is 312 g/mol. The van der Waals surface area contributed by atoms with E-state index in [9.17, 15) is 0 Å². The molecule has 0 amide bonds. The van der Waals surface area contributed by atoms with Crippen molar-refractivity contribution in [1.29, 1.82) is 0 Å². The summed E-state index contributed by atoms with van der Waals surface area (Å²) in [4.78, 5) is 0. The second-order valence-electron chi connectivity index (χ2n) is 6.00. The predicted octanol–water partition coefficient (Wildman–Crippen LogP) is 4.96. The summed E-state index contributed by atoms with van der Waals surface area (Å²) in [5, 5.41) is -0.0902. The standard InChI is InChI=1S/C17H25ClO3/c1-17(10-6-5-7-11-17)16(18)12-8-9-13(19-2)15(21-4)14(12)20-3/h8-9,16H,5-7,10-11H2,1-4H3. The molecule has 21 heavy (non-hydrogen) atoms. The number of halogens is 1. The molecule has 0 heterocycles. The highest BCUT2D eigenvalue weighted by atomic mass is 35.5. The fraction of sp³-hybridized carbons (Fsp3) is 0.647. The Morgan fingerprint density at radius 2 is 1.57 bits per heavy atom. The van der Waals surface area contributed by atoms with Crippen molar-refractivity contribution in [2.45, 2.75) is 44.4 Å². The summed E-state index contributed by atoms with van der Waals surface area (Å²) in [7, 11) is 4.89. The van der Waals surface area contributed by atoms with E-state index in [1.54, 1.807) is 21.3 Å². The molecule has 1 unspecified atom stereocenters. The van der Waals surface area contributed by atoms with Crippen LogP contribution in [0.1, 0.15) is 50.0 Å². The van der Waals surface area contributed by atoms with Crippen LogP contribution in [0.4, 0.5) is 0 Å². The van der Waals surface area contributed by atoms with E-state index in [1.807, 2.05) is 12.1 Å². The summed E-state index contributed by atoms with van der Waals surface area (Å²) in [6, 6.07) is 3.90. The van der Waals surface area contributed by atoms with Crippen LogP contribution in [-0.4, -0.2) is 21.3 Å². The summed E-state index contributed by atoms with van der Waals surface area (Å²) in [5.41, 5.74) is 1.09. The third-order valence-corrected chi connectivity index (χ3v) is 5.38. The Bertz CT molecular complexity index is 481. The first-order valence-electron chi connectivity index (χ1n) is 7.50. The zero-order valence-electron chi connectivity index (χ0n) is 13.4. The zero-order chi connectivity index (χ0) is 15.5. The van der Waals surface area contributed by atoms with Crippen LogP contribution in [-0.2, 0) is 0 Å². The molecule has 1 aromatic rings. The quantitative estimate of drug-likeness (QED) is 0.719. The minimum Gasteiger partial charge on any atom is -0.493 e. The van der Waals surface area contributed by atoms with Gasteiger partial charge >= 0.3 is 0 Å². The minimum absolute atomic E-state index is 0.0902. The van der Waals surface area contributed by atoms with E-state index in [4.69, 9.17) is 25.8 Å². The van der Waals surface area contributed by atoms with Gasteiger partial charge in [0.05, 0.1) is 26.7 Å². The molecule has 0 spiro atoms. The van der Waals surface area contributed by atoms with Gasteiger partial charge in [0.2, 0.25) is 5.75 Å². The van der Waals surface area contributed by atoms with E-state index in [0.29, 0.717) is 17.2 Å². The second-order valence-corrected chi connectivity index (χ2v) is 6.44. The molecule has 0 aliphatic heterocycles. The SMILES string of the molecule is COc1ccc(C(Cl)C2(C)CCCCC2)c(OC)c1OC. The molecule has 0 aromatic heterocycles. The maximum Gasteiger partial charge on any atom is 0.203 e. The van der Waals surface area contributed by atoms with Crippen molar-refractivity contribution in [2.24, 2.45) is 5.41 Å². The molecule has 0 bridgehead atoms. The van der Waals surface area contributed by atoms with Gasteiger partial charge in [-0.15, -0.1) is 11.6 Å². The fourth-order valence-electron chi connectivity index (χ4n) is 3.31. The smallest absolute Gasteiger partial charge is 0.203 e. The van der Waals surface area contributed by atoms with Crippen LogP contribution in [0.5, 0.6) is 17.2 Å². The number of hydrogen-bond acceptors (Lipinski definition) is 3. The van der Waals surface area contributed by atoms with E-state index in [-0.39, 0.29) is 10.8 Å². The molecule has 1 aliphatic carbocycles. The Balaban J connectivity index is 2.42. The van der Waals surface area contributed by atoms with Crippen LogP contribution in [0.2, 0.25) is 0 Å². The highest BCUT2D eigenvalue weighted by Crippen LogP contribution is 2.53. The lowest BCUT2D eigenvalue weighted by atomic mass is 9.71. The maximum absolute atomic E-state index is 6.86. The summed E-state index contributed by atoms with van der Waals surface area (Å²) in [6.07, 6.45) is 6.10. The first-order valence-corrected chi connectivity index (χ1v) is 7.94. The van der Waals surface area contributed by atoms with Gasteiger partial charge in [0, 0.05) is 5.56 Å². The van der Waals surface area contributed by atoms with Gasteiger partial charge in [0.1, 0.15) is 0 Å². The lowest BCUT2D eigenvalue weighted by Gasteiger charge is -2.38. The summed E-state index contributed by atoms with van der Waals surface area (Å²) in [5.74, 6) is 1.96. The van der Waals surface area contributed by atoms with Gasteiger partial charge in [-0.05, 0) is 30.4 Å². The van der Waals surface area contributed by atoms with Gasteiger partial charge in [0.25, 0.3) is 0 Å². The van der Waals surface area contributed by atoms with E-state index in [2.05, 4.69) is 6.92 Å². The van der Waals surface area contributed by atoms with Gasteiger partial charge in [-0.25, -0.2) is 0 Å². The van der Waals surface area contributed by atoms with Crippen LogP contribution < -0.4 is 14.2 Å². The normalized spacial score (nSPS) is 18.9. The number of rotatable bonds is 5. The maximum atomic E-state index is 6.86. The summed E-state index contributed by atoms with van der Waals surface area (Å²) in [6.45, 7) is 2.28. The van der Waals surface area contributed by atoms with Crippen molar-refractivity contribution in [3.63, 3.8) is 0 Å². The number of alkyl halides is 1. The Hall–Kier alpha value is -1.09. The Kier molecular flexibility index (Phi) is 5.26. The summed E-state index contributed by atoms with van der Waals surface area (Å²) >= 11 is 6.86. The average Bonchev–Trinajstić information content (AvgIpc) is 2.53. The van der Waals surface area contributed by atoms with E-state index >= 15 is 0 Å². The van der Waals surface area contributed by atoms with Crippen molar-refractivity contribution in [3.8, 4) is 17.2 Å². The Labute approximate surface area is 132 Å². The average molecular weight is 313 g/mol. The first-order chi connectivity index (χ1) is 10.1. The molecule has 3 nitrogen and oxygen atoms in total. The Morgan fingerprint density at radius 3 is 2.10 bits per heavy atom. The van der Waals surface area contributed by atoms with Crippen LogP contribution in [0.25, 0.3) is 0 Å². The van der Waals surface area contributed by atoms with E-state index in [1.165, 1.54) is 19.3 Å². The molecule has 1 atom stereocenters. The molecule has 118 valence electrons. The highest BCUT2D eigenvalue weighted by Gasteiger charge is 2.37. The molecule has 0 N–H and O–H groups in total. The number of ether oxygens (including phenoxy) is 3. The second kappa shape index (κ2) is 6.78. The molecule has 0 saturated heterocycles. The molecule has 4 heteroatoms. The van der Waals surface area contributed by atoms with Gasteiger partial charge in [-0.3, -0.25) is 0 Å². The summed E-state index contributed by atoms with van der Waals surface area (Å²) < 4.78 is 16.4. The van der Waals surface area contributed by atoms with Gasteiger partial charge in [-0.1, -0.05) is 26.2 Å². The zero-order valence-corrected chi connectivity index (χ0v) is 14.1. The van der Waals surface area contributed by atoms with Crippen molar-refractivity contribution < 1.29 is 14.2 Å². The molecular formula is C17H25ClO3. The molecular weight excluding hydrogens is 288 g/mol. The predicted molar refractivity (Wildman–Crippen MR) is 85.9 cm³/mol. The topological polar surface area (TPSA) is 27.7 Å². The number of methoxy groups -OCH3 is 3. The van der Waals surface area contributed by atoms with Crippen molar-refractivity contribution in [3.05, 3.63) is 17.7 Å². The van der Waals surface area contributed by atoms with Gasteiger partial charge in [-0.2, -0.15) is 0 Å². The molecule has 2 rings (SSSR count). The molecule has 1 fully saturated rings. The van der Waals surface area contributed by atoms with Crippen molar-refractivity contribution >= 4 is 11.6 Å². The lowest BCUT2D eigenvalue weighted by Crippen LogP contribution is -2.25. The van der Waals surface area contributed by atoms with E-state index < -0.39 is 0 Å². The fourth-order valence-corrected chi connectivity index (χ4v) is 3.70. The molecule has 1 aliphatic rings. The molecule has 0 radical (unpaired) electrons. The highest BCUT2D eigenvalue weighted by molar-refractivity contribution is 6.21. The van der Waals surface area contributed by atoms with Crippen molar-refractivity contribution in [1.82, 2.24) is 0 Å². The van der Waals surface area contributed by atoms with Gasteiger partial charge < -0.3 is 14.2 Å². The molecule has 1 saturated carbocycles. The van der Waals surface area contributed by atoms with Crippen LogP contribution in [0.3, 0.4) is 0 Å². The molecule has 1 aromatic carbocycles. The Morgan fingerprint density at radius 1 is 0.952 bits per heavy atom. The first kappa shape index (κ1) is 16.3.